The number of hydrogen-bond donors (Lipinski definition) is 3. The van der Waals surface area contributed by atoms with Crippen molar-refractivity contribution in [2.24, 2.45) is 5.92 Å². The fourth-order valence-corrected chi connectivity index (χ4v) is 6.32. The van der Waals surface area contributed by atoms with Crippen molar-refractivity contribution >= 4 is 42.8 Å². The van der Waals surface area contributed by atoms with E-state index in [2.05, 4.69) is 34.8 Å². The molecule has 0 saturated heterocycles. The smallest absolute Gasteiger partial charge is 0.198 e. The number of nitriles is 1. The number of halogens is 2. The molecule has 0 aliphatic carbocycles. The molecule has 0 spiro atoms. The van der Waals surface area contributed by atoms with Crippen molar-refractivity contribution in [1.82, 2.24) is 14.9 Å². The molecule has 3 N–H and O–H groups in total. The lowest BCUT2D eigenvalue weighted by Crippen LogP contribution is -2.34. The van der Waals surface area contributed by atoms with Crippen LogP contribution >= 0.6 is 12.2 Å². The van der Waals surface area contributed by atoms with Crippen molar-refractivity contribution in [2.45, 2.75) is 52.2 Å². The van der Waals surface area contributed by atoms with Gasteiger partial charge in [0.05, 0.1) is 17.1 Å². The zero-order valence-corrected chi connectivity index (χ0v) is 31.4. The minimum atomic E-state index is -0.949. The summed E-state index contributed by atoms with van der Waals surface area (Å²) < 4.78 is 50.8. The lowest BCUT2D eigenvalue weighted by Gasteiger charge is -2.18. The van der Waals surface area contributed by atoms with E-state index in [4.69, 9.17) is 26.4 Å². The highest BCUT2D eigenvalue weighted by Gasteiger charge is 2.22. The van der Waals surface area contributed by atoms with Crippen LogP contribution in [0.5, 0.6) is 17.2 Å². The van der Waals surface area contributed by atoms with Gasteiger partial charge in [-0.3, -0.25) is 0 Å². The number of aromatic nitrogens is 2. The number of anilines is 1. The van der Waals surface area contributed by atoms with Gasteiger partial charge in [-0.1, -0.05) is 49.5 Å². The number of ether oxygens (including phenoxy) is 3. The third-order valence-corrected chi connectivity index (χ3v) is 9.56. The number of benzene rings is 3. The van der Waals surface area contributed by atoms with Gasteiger partial charge in [-0.15, -0.1) is 0 Å². The average molecular weight is 743 g/mol. The number of rotatable bonds is 16. The maximum absolute atomic E-state index is 15.6. The molecule has 2 aromatic heterocycles. The summed E-state index contributed by atoms with van der Waals surface area (Å²) in [5.41, 5.74) is 3.28. The van der Waals surface area contributed by atoms with Crippen LogP contribution in [-0.4, -0.2) is 54.4 Å². The summed E-state index contributed by atoms with van der Waals surface area (Å²) in [5, 5.41) is 26.2. The lowest BCUT2D eigenvalue weighted by atomic mass is 10.0. The molecule has 0 bridgehead atoms. The van der Waals surface area contributed by atoms with E-state index < -0.39 is 26.2 Å². The van der Waals surface area contributed by atoms with Gasteiger partial charge in [0.25, 0.3) is 0 Å². The molecule has 1 atom stereocenters. The molecule has 0 fully saturated rings. The molecule has 271 valence electrons. The SMILES string of the molecule is CC(C)Oc1ccc(-c2cn(COCC[Si](C)C)c3nccc(Oc4c(F)cc(NC(=S)NCC(CO)Cc5ccccc5)cc4F)c23)cc1C#N. The van der Waals surface area contributed by atoms with Crippen LogP contribution in [0.4, 0.5) is 14.5 Å². The monoisotopic (exact) mass is 742 g/mol. The first kappa shape index (κ1) is 38.4. The number of nitrogens with zero attached hydrogens (tertiary/aromatic N) is 3. The molecule has 2 heterocycles. The second-order valence-electron chi connectivity index (χ2n) is 12.9. The Balaban J connectivity index is 1.40. The molecule has 9 nitrogen and oxygen atoms in total. The number of fused-ring (bicyclic) bond motifs is 1. The van der Waals surface area contributed by atoms with Gasteiger partial charge >= 0.3 is 0 Å². The van der Waals surface area contributed by atoms with Crippen molar-refractivity contribution in [3.05, 3.63) is 102 Å². The molecule has 3 aromatic carbocycles. The van der Waals surface area contributed by atoms with E-state index in [1.165, 1.54) is 6.20 Å². The normalized spacial score (nSPS) is 11.8. The summed E-state index contributed by atoms with van der Waals surface area (Å²) in [6.45, 7) is 9.28. The average Bonchev–Trinajstić information content (AvgIpc) is 3.49. The summed E-state index contributed by atoms with van der Waals surface area (Å²) in [4.78, 5) is 4.58. The maximum atomic E-state index is 15.6. The Bertz CT molecular complexity index is 2010. The fourth-order valence-electron chi connectivity index (χ4n) is 5.57. The van der Waals surface area contributed by atoms with Crippen LogP contribution in [0.25, 0.3) is 22.2 Å². The van der Waals surface area contributed by atoms with Gasteiger partial charge in [-0.2, -0.15) is 5.26 Å². The standard InChI is InChI=1S/C39H42F2N5O4SSi/c1-25(2)49-34-11-10-28(17-29(34)20-42)31-22-46(24-48-14-15-52(3)4)38-36(31)35(12-13-43-38)50-37-32(40)18-30(19-33(37)41)45-39(51)44-21-27(23-47)16-26-8-6-5-7-9-26/h5-13,17-19,22,25,27,47H,14-16,21,23-24H2,1-4H3,(H2,44,45,51). The van der Waals surface area contributed by atoms with Crippen molar-refractivity contribution in [3.8, 4) is 34.4 Å². The van der Waals surface area contributed by atoms with Crippen LogP contribution in [0.15, 0.2) is 79.1 Å². The van der Waals surface area contributed by atoms with Crippen LogP contribution in [0.1, 0.15) is 25.0 Å². The van der Waals surface area contributed by atoms with Crippen LogP contribution in [0, 0.1) is 28.9 Å². The van der Waals surface area contributed by atoms with E-state index in [1.807, 2.05) is 61.0 Å². The number of thiocarbonyl (C=S) groups is 1. The van der Waals surface area contributed by atoms with Gasteiger partial charge in [0, 0.05) is 70.3 Å². The molecule has 5 aromatic rings. The van der Waals surface area contributed by atoms with E-state index in [-0.39, 0.29) is 41.9 Å². The summed E-state index contributed by atoms with van der Waals surface area (Å²) in [6.07, 6.45) is 3.85. The van der Waals surface area contributed by atoms with Crippen molar-refractivity contribution in [3.63, 3.8) is 0 Å². The van der Waals surface area contributed by atoms with E-state index in [0.717, 1.165) is 23.7 Å². The van der Waals surface area contributed by atoms with Crippen molar-refractivity contribution in [2.75, 3.05) is 25.1 Å². The van der Waals surface area contributed by atoms with E-state index in [1.54, 1.807) is 18.2 Å². The topological polar surface area (TPSA) is 114 Å². The summed E-state index contributed by atoms with van der Waals surface area (Å²) in [7, 11) is -0.473. The van der Waals surface area contributed by atoms with Crippen molar-refractivity contribution < 1.29 is 28.1 Å². The van der Waals surface area contributed by atoms with Crippen LogP contribution in [0.2, 0.25) is 19.1 Å². The van der Waals surface area contributed by atoms with E-state index >= 15 is 8.78 Å². The highest BCUT2D eigenvalue weighted by Crippen LogP contribution is 2.40. The third kappa shape index (κ3) is 9.92. The molecule has 5 rings (SSSR count). The molecule has 0 aliphatic heterocycles. The molecule has 0 aliphatic rings. The van der Waals surface area contributed by atoms with Crippen molar-refractivity contribution in [1.29, 1.82) is 5.26 Å². The first-order valence-corrected chi connectivity index (χ1v) is 20.1. The van der Waals surface area contributed by atoms with Gasteiger partial charge in [-0.05, 0) is 67.9 Å². The molecule has 13 heteroatoms. The van der Waals surface area contributed by atoms with E-state index in [0.29, 0.717) is 53.0 Å². The van der Waals surface area contributed by atoms with Gasteiger partial charge in [0.2, 0.25) is 0 Å². The van der Waals surface area contributed by atoms with Crippen LogP contribution in [0.3, 0.4) is 0 Å². The van der Waals surface area contributed by atoms with Gasteiger partial charge in [-0.25, -0.2) is 13.8 Å². The number of aliphatic hydroxyl groups is 1. The second-order valence-corrected chi connectivity index (χ2v) is 16.3. The molecule has 0 saturated carbocycles. The fraction of sp³-hybridized carbons (Fsp3) is 0.308. The molecule has 1 radical (unpaired) electrons. The highest BCUT2D eigenvalue weighted by atomic mass is 32.1. The summed E-state index contributed by atoms with van der Waals surface area (Å²) >= 11 is 5.38. The Morgan fingerprint density at radius 2 is 1.81 bits per heavy atom. The molecule has 0 amide bonds. The quantitative estimate of drug-likeness (QED) is 0.0522. The van der Waals surface area contributed by atoms with Crippen LogP contribution in [-0.2, 0) is 17.9 Å². The largest absolute Gasteiger partial charge is 0.490 e. The molecular formula is C39H42F2N5O4SSi. The number of aliphatic hydroxyl groups excluding tert-OH is 1. The maximum Gasteiger partial charge on any atom is 0.198 e. The van der Waals surface area contributed by atoms with Gasteiger partial charge in [0.1, 0.15) is 29.9 Å². The molecule has 1 unspecified atom stereocenters. The highest BCUT2D eigenvalue weighted by molar-refractivity contribution is 7.80. The second kappa shape index (κ2) is 18.1. The summed E-state index contributed by atoms with van der Waals surface area (Å²) in [6, 6.07) is 21.9. The Labute approximate surface area is 309 Å². The van der Waals surface area contributed by atoms with E-state index in [9.17, 15) is 10.4 Å². The lowest BCUT2D eigenvalue weighted by molar-refractivity contribution is 0.0903. The van der Waals surface area contributed by atoms with Crippen LogP contribution < -0.4 is 20.1 Å². The summed E-state index contributed by atoms with van der Waals surface area (Å²) in [5.74, 6) is -2.00. The first-order valence-electron chi connectivity index (χ1n) is 17.0. The zero-order valence-electron chi connectivity index (χ0n) is 29.6. The Kier molecular flexibility index (Phi) is 13.3. The minimum Gasteiger partial charge on any atom is -0.490 e. The number of hydrogen-bond acceptors (Lipinski definition) is 7. The minimum absolute atomic E-state index is 0.0588. The Morgan fingerprint density at radius 1 is 1.06 bits per heavy atom. The number of pyridine rings is 1. The Morgan fingerprint density at radius 3 is 2.48 bits per heavy atom. The van der Waals surface area contributed by atoms with Gasteiger partial charge in [0.15, 0.2) is 22.5 Å². The van der Waals surface area contributed by atoms with Gasteiger partial charge < -0.3 is 34.5 Å². The Hall–Kier alpha value is -4.87. The molecular weight excluding hydrogens is 701 g/mol. The zero-order chi connectivity index (χ0) is 37.2. The first-order chi connectivity index (χ1) is 25.1. The molecule has 52 heavy (non-hydrogen) atoms. The predicted molar refractivity (Wildman–Crippen MR) is 205 cm³/mol. The third-order valence-electron chi connectivity index (χ3n) is 8.11. The number of nitrogens with one attached hydrogen (secondary N) is 2. The predicted octanol–water partition coefficient (Wildman–Crippen LogP) is 8.30.